The Labute approximate surface area is 660 Å². The molecule has 0 radical (unpaired) electrons. The minimum Gasteiger partial charge on any atom is -0.370 e. The van der Waals surface area contributed by atoms with E-state index in [0.717, 1.165) is 0 Å². The second-order valence-electron chi connectivity index (χ2n) is 29.6. The van der Waals surface area contributed by atoms with E-state index in [2.05, 4.69) is 88.4 Å². The van der Waals surface area contributed by atoms with Crippen molar-refractivity contribution in [2.24, 2.45) is 129 Å². The number of nitrogens with zero attached hydrogens (tertiary/aromatic N) is 5. The molecule has 41 nitrogen and oxygen atoms in total. The molecule has 113 heavy (non-hydrogen) atoms. The number of benzene rings is 1. The molecule has 1 aromatic carbocycles. The SMILES string of the molecule is CC[C@H](C)[C@H](NC(=O)[C@H](CCCN=C(N)N)NC(=O)[C@@H](NC(=O)[C@H](CN=C(N)N)NC(=O)[C@@H](NC(=O)[C@@H](NC(=O)[C@H](CC(C)C)NC(=O)[C@H](CCCN=C(N)N)NC(=O)[C@@H](N)C(C)C)[C@@H](C)CC)C(C)C)C(C)C)C(=O)N[C@@H](Cc1c[nH]c2ccccc12)C(=O)N[C@@H](CCCN=C(N)N)C(=O)N[C@@H](CCCN=C(N)N)C(N)=O. The molecule has 12 amide bonds. The van der Waals surface area contributed by atoms with Crippen LogP contribution in [0.25, 0.3) is 10.9 Å². The molecular formula is C72H129N29O12. The first-order chi connectivity index (χ1) is 53.0. The van der Waals surface area contributed by atoms with Crippen molar-refractivity contribution in [2.45, 2.75) is 233 Å². The molecule has 0 aliphatic rings. The second kappa shape index (κ2) is 49.9. The van der Waals surface area contributed by atoms with Gasteiger partial charge in [-0.1, -0.05) is 114 Å². The van der Waals surface area contributed by atoms with Gasteiger partial charge >= 0.3 is 0 Å². The number of para-hydroxylation sites is 1. The van der Waals surface area contributed by atoms with Crippen molar-refractivity contribution in [3.8, 4) is 0 Å². The number of amides is 12. The van der Waals surface area contributed by atoms with Crippen LogP contribution in [0.1, 0.15) is 159 Å². The van der Waals surface area contributed by atoms with Gasteiger partial charge in [0.15, 0.2) is 29.8 Å². The molecule has 1 heterocycles. The Bertz CT molecular complexity index is 3610. The normalized spacial score (nSPS) is 14.9. The molecule has 14 atom stereocenters. The number of guanidine groups is 5. The molecule has 41 heteroatoms. The third-order valence-corrected chi connectivity index (χ3v) is 18.6. The third kappa shape index (κ3) is 35.7. The minimum atomic E-state index is -1.65. The van der Waals surface area contributed by atoms with Crippen molar-refractivity contribution < 1.29 is 57.5 Å². The summed E-state index contributed by atoms with van der Waals surface area (Å²) in [5, 5.41) is 30.5. The van der Waals surface area contributed by atoms with Crippen LogP contribution in [0, 0.1) is 35.5 Å². The maximum Gasteiger partial charge on any atom is 0.245 e. The lowest BCUT2D eigenvalue weighted by Crippen LogP contribution is -2.63. The van der Waals surface area contributed by atoms with Crippen LogP contribution < -0.4 is 127 Å². The summed E-state index contributed by atoms with van der Waals surface area (Å²) in [7, 11) is 0. The topological polar surface area (TPSA) is 727 Å². The number of carbonyl (C=O) groups excluding carboxylic acids is 12. The van der Waals surface area contributed by atoms with Gasteiger partial charge in [0.2, 0.25) is 70.9 Å². The van der Waals surface area contributed by atoms with Gasteiger partial charge in [-0.05, 0) is 105 Å². The number of aromatic amines is 1. The lowest BCUT2D eigenvalue weighted by atomic mass is 9.95. The van der Waals surface area contributed by atoms with Crippen molar-refractivity contribution in [3.63, 3.8) is 0 Å². The van der Waals surface area contributed by atoms with Gasteiger partial charge in [0.05, 0.1) is 12.6 Å². The number of hydrogen-bond donors (Lipinski definition) is 24. The van der Waals surface area contributed by atoms with Crippen LogP contribution >= 0.6 is 0 Å². The van der Waals surface area contributed by atoms with E-state index in [-0.39, 0.29) is 132 Å². The summed E-state index contributed by atoms with van der Waals surface area (Å²) in [5.74, 6) is -14.5. The van der Waals surface area contributed by atoms with Crippen molar-refractivity contribution >= 4 is 112 Å². The van der Waals surface area contributed by atoms with E-state index in [1.807, 2.05) is 13.8 Å². The Morgan fingerprint density at radius 2 is 0.681 bits per heavy atom. The van der Waals surface area contributed by atoms with Crippen LogP contribution in [0.2, 0.25) is 0 Å². The van der Waals surface area contributed by atoms with Crippen LogP contribution in [0.4, 0.5) is 0 Å². The zero-order chi connectivity index (χ0) is 85.5. The minimum absolute atomic E-state index is 0.0230. The van der Waals surface area contributed by atoms with Crippen LogP contribution in [0.15, 0.2) is 55.4 Å². The lowest BCUT2D eigenvalue weighted by molar-refractivity contribution is -0.137. The predicted molar refractivity (Wildman–Crippen MR) is 434 cm³/mol. The lowest BCUT2D eigenvalue weighted by Gasteiger charge is -2.31. The van der Waals surface area contributed by atoms with Crippen LogP contribution in [-0.2, 0) is 64.0 Å². The summed E-state index contributed by atoms with van der Waals surface area (Å²) in [6.07, 6.45) is 2.75. The number of carbonyl (C=O) groups is 12. The predicted octanol–water partition coefficient (Wildman–Crippen LogP) is -5.55. The van der Waals surface area contributed by atoms with Crippen molar-refractivity contribution in [2.75, 3.05) is 32.7 Å². The maximum absolute atomic E-state index is 15.0. The van der Waals surface area contributed by atoms with Crippen molar-refractivity contribution in [1.82, 2.24) is 63.5 Å². The highest BCUT2D eigenvalue weighted by atomic mass is 16.2. The largest absolute Gasteiger partial charge is 0.370 e. The van der Waals surface area contributed by atoms with Gasteiger partial charge in [0.25, 0.3) is 0 Å². The van der Waals surface area contributed by atoms with E-state index in [1.54, 1.807) is 99.7 Å². The molecule has 36 N–H and O–H groups in total. The van der Waals surface area contributed by atoms with Gasteiger partial charge < -0.3 is 132 Å². The number of hydrogen-bond acceptors (Lipinski definition) is 18. The zero-order valence-corrected chi connectivity index (χ0v) is 67.4. The van der Waals surface area contributed by atoms with Gasteiger partial charge in [-0.2, -0.15) is 0 Å². The summed E-state index contributed by atoms with van der Waals surface area (Å²) in [4.78, 5) is 195. The van der Waals surface area contributed by atoms with E-state index in [0.29, 0.717) is 22.9 Å². The molecule has 0 aliphatic carbocycles. The van der Waals surface area contributed by atoms with Gasteiger partial charge in [-0.3, -0.25) is 82.5 Å². The Morgan fingerprint density at radius 3 is 1.09 bits per heavy atom. The van der Waals surface area contributed by atoms with E-state index < -0.39 is 180 Å². The number of fused-ring (bicyclic) bond motifs is 1. The summed E-state index contributed by atoms with van der Waals surface area (Å²) in [5.41, 5.74) is 69.0. The van der Waals surface area contributed by atoms with Crippen LogP contribution in [0.5, 0.6) is 0 Å². The fraction of sp³-hybridized carbons (Fsp3) is 0.653. The molecule has 2 aromatic rings. The molecule has 0 spiro atoms. The van der Waals surface area contributed by atoms with E-state index >= 15 is 4.79 Å². The van der Waals surface area contributed by atoms with E-state index in [4.69, 9.17) is 68.8 Å². The average Bonchev–Trinajstić information content (AvgIpc) is 1.72. The monoisotopic (exact) mass is 1590 g/mol. The standard InChI is InChI=1S/C72H129N29O12/c1-13-39(11)54(66(112)96-49(32-41-33-89-43-22-16-15-21-42(41)43)60(106)92-45(24-18-28-86-69(77)78)57(103)91-44(56(74)102)23-17-27-85-68(75)76)100-59(105)47(26-20-30-88-71(81)82)94-64(110)52(37(7)8)98-62(108)50(34-90-72(83)84)97-65(111)53(38(9)10)99-67(113)55(40(12)14-2)101-61(107)48(31-35(3)4)95-58(104)46(25-19-29-87-70(79)80)93-63(109)51(73)36(5)6/h15-16,21-22,33,35-40,44-55,89H,13-14,17-20,23-32,34,73H2,1-12H3,(H2,74,102)(H,91,103)(H,92,106)(H,93,109)(H,94,110)(H,95,104)(H,96,112)(H,97,111)(H,98,108)(H,99,113)(H,100,105)(H,101,107)(H4,75,76,85)(H4,77,78,86)(H4,79,80,87)(H4,81,82,88)(H4,83,84,90)/t39-,40-,44-,45-,46-,47-,48-,49-,50-,51-,52-,53-,54-,55-/m0/s1. The summed E-state index contributed by atoms with van der Waals surface area (Å²) < 4.78 is 0. The molecule has 0 saturated carbocycles. The van der Waals surface area contributed by atoms with Gasteiger partial charge in [0.1, 0.15) is 66.5 Å². The van der Waals surface area contributed by atoms with Gasteiger partial charge in [0, 0.05) is 49.7 Å². The summed E-state index contributed by atoms with van der Waals surface area (Å²) >= 11 is 0. The second-order valence-corrected chi connectivity index (χ2v) is 29.6. The molecule has 2 rings (SSSR count). The molecule has 0 fully saturated rings. The highest BCUT2D eigenvalue weighted by Crippen LogP contribution is 2.21. The number of aliphatic imine (C=N–C) groups is 5. The first-order valence-corrected chi connectivity index (χ1v) is 38.2. The van der Waals surface area contributed by atoms with Crippen molar-refractivity contribution in [1.29, 1.82) is 0 Å². The number of aromatic nitrogens is 1. The summed E-state index contributed by atoms with van der Waals surface area (Å²) in [6.45, 7) is 20.1. The Kier molecular flexibility index (Phi) is 43.1. The number of H-pyrrole nitrogens is 1. The number of nitrogens with two attached hydrogens (primary N) is 12. The number of rotatable bonds is 52. The average molecular weight is 1590 g/mol. The zero-order valence-electron chi connectivity index (χ0n) is 67.4. The Hall–Kier alpha value is -11.3. The quantitative estimate of drug-likeness (QED) is 0.0167. The van der Waals surface area contributed by atoms with Crippen LogP contribution in [-0.4, -0.2) is 211 Å². The summed E-state index contributed by atoms with van der Waals surface area (Å²) in [6, 6.07) is -9.00. The fourth-order valence-corrected chi connectivity index (χ4v) is 11.6. The number of primary amides is 1. The Balaban J connectivity index is 2.63. The van der Waals surface area contributed by atoms with Gasteiger partial charge in [-0.25, -0.2) is 0 Å². The number of nitrogens with one attached hydrogen (secondary N) is 12. The first kappa shape index (κ1) is 97.8. The Morgan fingerprint density at radius 1 is 0.363 bits per heavy atom. The molecule has 0 bridgehead atoms. The molecule has 0 aliphatic heterocycles. The molecule has 634 valence electrons. The molecule has 0 saturated heterocycles. The maximum atomic E-state index is 15.0. The highest BCUT2D eigenvalue weighted by molar-refractivity contribution is 6.00. The smallest absolute Gasteiger partial charge is 0.245 e. The fourth-order valence-electron chi connectivity index (χ4n) is 11.6. The van der Waals surface area contributed by atoms with Crippen molar-refractivity contribution in [3.05, 3.63) is 36.0 Å². The van der Waals surface area contributed by atoms with E-state index in [9.17, 15) is 52.7 Å². The third-order valence-electron chi connectivity index (χ3n) is 18.6. The molecule has 0 unspecified atom stereocenters. The molecular weight excluding hydrogens is 1460 g/mol. The van der Waals surface area contributed by atoms with Crippen LogP contribution in [0.3, 0.4) is 0 Å². The highest BCUT2D eigenvalue weighted by Gasteiger charge is 2.40. The van der Waals surface area contributed by atoms with E-state index in [1.165, 1.54) is 0 Å². The molecule has 1 aromatic heterocycles. The first-order valence-electron chi connectivity index (χ1n) is 38.2. The van der Waals surface area contributed by atoms with Gasteiger partial charge in [-0.15, -0.1) is 0 Å².